The molecule has 0 fully saturated rings. The maximum atomic E-state index is 13.3. The Hall–Kier alpha value is -1.40. The Morgan fingerprint density at radius 3 is 2.57 bits per heavy atom. The molecule has 0 aliphatic carbocycles. The summed E-state index contributed by atoms with van der Waals surface area (Å²) in [5.74, 6) is 1.65. The highest BCUT2D eigenvalue weighted by Gasteiger charge is 2.10. The first kappa shape index (κ1) is 16.0. The van der Waals surface area contributed by atoms with Gasteiger partial charge in [-0.25, -0.2) is 14.4 Å². The molecule has 0 aliphatic heterocycles. The van der Waals surface area contributed by atoms with Gasteiger partial charge in [-0.2, -0.15) is 0 Å². The predicted molar refractivity (Wildman–Crippen MR) is 88.0 cm³/mol. The fourth-order valence-corrected chi connectivity index (χ4v) is 2.71. The van der Waals surface area contributed by atoms with Gasteiger partial charge in [0.15, 0.2) is 0 Å². The summed E-state index contributed by atoms with van der Waals surface area (Å²) in [5.41, 5.74) is 0.571. The molecule has 4 nitrogen and oxygen atoms in total. The highest BCUT2D eigenvalue weighted by Crippen LogP contribution is 2.33. The zero-order valence-corrected chi connectivity index (χ0v) is 14.0. The van der Waals surface area contributed by atoms with Crippen molar-refractivity contribution in [1.29, 1.82) is 0 Å². The Kier molecular flexibility index (Phi) is 5.36. The van der Waals surface area contributed by atoms with Crippen LogP contribution in [0.1, 0.15) is 19.2 Å². The molecular formula is C14H15BrClFN4. The Balaban J connectivity index is 2.37. The molecule has 0 saturated heterocycles. The molecule has 1 heterocycles. The van der Waals surface area contributed by atoms with Gasteiger partial charge in [0.05, 0.1) is 10.7 Å². The molecule has 0 amide bonds. The Bertz CT molecular complexity index is 628. The molecule has 0 bridgehead atoms. The smallest absolute Gasteiger partial charge is 0.136 e. The van der Waals surface area contributed by atoms with E-state index in [-0.39, 0.29) is 5.02 Å². The van der Waals surface area contributed by atoms with Crippen LogP contribution < -0.4 is 10.6 Å². The van der Waals surface area contributed by atoms with Crippen molar-refractivity contribution in [2.75, 3.05) is 17.7 Å². The van der Waals surface area contributed by atoms with E-state index >= 15 is 0 Å². The van der Waals surface area contributed by atoms with Crippen molar-refractivity contribution in [3.8, 4) is 0 Å². The zero-order chi connectivity index (χ0) is 15.4. The summed E-state index contributed by atoms with van der Waals surface area (Å²) >= 11 is 9.36. The van der Waals surface area contributed by atoms with Gasteiger partial charge in [-0.15, -0.1) is 0 Å². The Morgan fingerprint density at radius 2 is 1.95 bits per heavy atom. The molecule has 0 saturated carbocycles. The van der Waals surface area contributed by atoms with Crippen molar-refractivity contribution in [2.24, 2.45) is 0 Å². The quantitative estimate of drug-likeness (QED) is 0.792. The maximum absolute atomic E-state index is 13.3. The molecule has 21 heavy (non-hydrogen) atoms. The average molecular weight is 374 g/mol. The van der Waals surface area contributed by atoms with E-state index < -0.39 is 5.82 Å². The van der Waals surface area contributed by atoms with Gasteiger partial charge in [0, 0.05) is 24.0 Å². The standard InChI is InChI=1S/C14H15BrClFN4/c1-3-4-11-19-12(18-2)7-13(20-11)21-14-9(15)5-8(17)6-10(14)16/h5-7H,3-4H2,1-2H3,(H2,18,19,20,21). The average Bonchev–Trinajstić information content (AvgIpc) is 2.43. The normalized spacial score (nSPS) is 10.5. The zero-order valence-electron chi connectivity index (χ0n) is 11.7. The molecule has 1 aromatic carbocycles. The van der Waals surface area contributed by atoms with Crippen molar-refractivity contribution in [1.82, 2.24) is 9.97 Å². The van der Waals surface area contributed by atoms with Gasteiger partial charge >= 0.3 is 0 Å². The third-order valence-electron chi connectivity index (χ3n) is 2.76. The van der Waals surface area contributed by atoms with Crippen LogP contribution in [0.4, 0.5) is 21.7 Å². The van der Waals surface area contributed by atoms with Crippen molar-refractivity contribution in [3.05, 3.63) is 39.3 Å². The number of anilines is 3. The number of aryl methyl sites for hydroxylation is 1. The van der Waals surface area contributed by atoms with Gasteiger partial charge in [-0.3, -0.25) is 0 Å². The second-order valence-electron chi connectivity index (χ2n) is 4.42. The number of benzene rings is 1. The number of nitrogens with zero attached hydrogens (tertiary/aromatic N) is 2. The van der Waals surface area contributed by atoms with Crippen LogP contribution in [0, 0.1) is 5.82 Å². The molecule has 0 atom stereocenters. The van der Waals surface area contributed by atoms with Gasteiger partial charge in [0.2, 0.25) is 0 Å². The van der Waals surface area contributed by atoms with Crippen LogP contribution in [-0.4, -0.2) is 17.0 Å². The van der Waals surface area contributed by atoms with Crippen LogP contribution >= 0.6 is 27.5 Å². The summed E-state index contributed by atoms with van der Waals surface area (Å²) < 4.78 is 13.8. The number of nitrogens with one attached hydrogen (secondary N) is 2. The molecule has 2 N–H and O–H groups in total. The van der Waals surface area contributed by atoms with E-state index in [0.717, 1.165) is 18.7 Å². The number of aromatic nitrogens is 2. The van der Waals surface area contributed by atoms with Gasteiger partial charge in [-0.1, -0.05) is 18.5 Å². The fourth-order valence-electron chi connectivity index (χ4n) is 1.81. The minimum Gasteiger partial charge on any atom is -0.373 e. The van der Waals surface area contributed by atoms with Gasteiger partial charge in [-0.05, 0) is 34.5 Å². The molecular weight excluding hydrogens is 359 g/mol. The molecule has 0 aliphatic rings. The molecule has 7 heteroatoms. The molecule has 0 radical (unpaired) electrons. The third-order valence-corrected chi connectivity index (χ3v) is 3.69. The van der Waals surface area contributed by atoms with E-state index in [1.54, 1.807) is 13.1 Å². The second kappa shape index (κ2) is 7.04. The predicted octanol–water partition coefficient (Wildman–Crippen LogP) is 4.77. The van der Waals surface area contributed by atoms with E-state index in [1.807, 2.05) is 0 Å². The van der Waals surface area contributed by atoms with Crippen molar-refractivity contribution in [2.45, 2.75) is 19.8 Å². The lowest BCUT2D eigenvalue weighted by molar-refractivity contribution is 0.627. The molecule has 112 valence electrons. The minimum atomic E-state index is -0.400. The Morgan fingerprint density at radius 1 is 1.24 bits per heavy atom. The van der Waals surface area contributed by atoms with Crippen LogP contribution in [0.3, 0.4) is 0 Å². The lowest BCUT2D eigenvalue weighted by Gasteiger charge is -2.12. The van der Waals surface area contributed by atoms with E-state index in [4.69, 9.17) is 11.6 Å². The number of rotatable bonds is 5. The molecule has 0 unspecified atom stereocenters. The first-order valence-electron chi connectivity index (χ1n) is 6.50. The first-order chi connectivity index (χ1) is 10.0. The Labute approximate surface area is 136 Å². The highest BCUT2D eigenvalue weighted by atomic mass is 79.9. The van der Waals surface area contributed by atoms with Crippen LogP contribution in [0.2, 0.25) is 5.02 Å². The van der Waals surface area contributed by atoms with E-state index in [9.17, 15) is 4.39 Å². The fraction of sp³-hybridized carbons (Fsp3) is 0.286. The van der Waals surface area contributed by atoms with Crippen LogP contribution in [-0.2, 0) is 6.42 Å². The van der Waals surface area contributed by atoms with Crippen LogP contribution in [0.15, 0.2) is 22.7 Å². The number of halogens is 3. The largest absolute Gasteiger partial charge is 0.373 e. The summed E-state index contributed by atoms with van der Waals surface area (Å²) in [6.45, 7) is 2.07. The second-order valence-corrected chi connectivity index (χ2v) is 5.69. The van der Waals surface area contributed by atoms with E-state index in [1.165, 1.54) is 12.1 Å². The molecule has 0 spiro atoms. The molecule has 1 aromatic heterocycles. The SMILES string of the molecule is CCCc1nc(NC)cc(Nc2c(Cl)cc(F)cc2Br)n1. The van der Waals surface area contributed by atoms with Crippen molar-refractivity contribution >= 4 is 44.9 Å². The summed E-state index contributed by atoms with van der Waals surface area (Å²) in [6.07, 6.45) is 1.73. The van der Waals surface area contributed by atoms with E-state index in [0.29, 0.717) is 21.8 Å². The first-order valence-corrected chi connectivity index (χ1v) is 7.68. The lowest BCUT2D eigenvalue weighted by Crippen LogP contribution is -2.04. The lowest BCUT2D eigenvalue weighted by atomic mass is 10.3. The van der Waals surface area contributed by atoms with Crippen molar-refractivity contribution in [3.63, 3.8) is 0 Å². The molecule has 2 aromatic rings. The number of hydrogen-bond acceptors (Lipinski definition) is 4. The maximum Gasteiger partial charge on any atom is 0.136 e. The van der Waals surface area contributed by atoms with Crippen LogP contribution in [0.25, 0.3) is 0 Å². The van der Waals surface area contributed by atoms with Crippen LogP contribution in [0.5, 0.6) is 0 Å². The summed E-state index contributed by atoms with van der Waals surface area (Å²) in [7, 11) is 1.79. The topological polar surface area (TPSA) is 49.8 Å². The van der Waals surface area contributed by atoms with E-state index in [2.05, 4.69) is 43.5 Å². The monoisotopic (exact) mass is 372 g/mol. The van der Waals surface area contributed by atoms with Gasteiger partial charge in [0.25, 0.3) is 0 Å². The molecule has 2 rings (SSSR count). The number of hydrogen-bond donors (Lipinski definition) is 2. The summed E-state index contributed by atoms with van der Waals surface area (Å²) in [5, 5.41) is 6.38. The third kappa shape index (κ3) is 4.04. The summed E-state index contributed by atoms with van der Waals surface area (Å²) in [4.78, 5) is 8.81. The van der Waals surface area contributed by atoms with Gasteiger partial charge in [0.1, 0.15) is 23.3 Å². The van der Waals surface area contributed by atoms with Crippen molar-refractivity contribution < 1.29 is 4.39 Å². The highest BCUT2D eigenvalue weighted by molar-refractivity contribution is 9.10. The summed E-state index contributed by atoms with van der Waals surface area (Å²) in [6, 6.07) is 4.37. The minimum absolute atomic E-state index is 0.281. The van der Waals surface area contributed by atoms with Gasteiger partial charge < -0.3 is 10.6 Å².